The number of methoxy groups -OCH3 is 2. The standard InChI is InChI=1S/C25H34N4O7/c1-15-11-29(23(30)14-33-5)16(2)13-35-21-10-18(26-24(31)20-9-17(3)36-27-20)7-8-19(21)25(32)28(4)12-22(15)34-6/h7-10,15-16,22H,11-14H2,1-6H3,(H,26,31)/t15-,16-,22-/m0/s1. The van der Waals surface area contributed by atoms with Gasteiger partial charge in [0.25, 0.3) is 11.8 Å². The zero-order chi connectivity index (χ0) is 26.4. The number of nitrogens with zero attached hydrogens (tertiary/aromatic N) is 3. The quantitative estimate of drug-likeness (QED) is 0.660. The fraction of sp³-hybridized carbons (Fsp3) is 0.520. The van der Waals surface area contributed by atoms with Gasteiger partial charge in [0.2, 0.25) is 5.91 Å². The number of carbonyl (C=O) groups excluding carboxylic acids is 3. The highest BCUT2D eigenvalue weighted by Crippen LogP contribution is 2.27. The van der Waals surface area contributed by atoms with Gasteiger partial charge in [-0.2, -0.15) is 0 Å². The largest absolute Gasteiger partial charge is 0.491 e. The number of hydrogen-bond acceptors (Lipinski definition) is 8. The van der Waals surface area contributed by atoms with E-state index in [4.69, 9.17) is 18.7 Å². The number of rotatable bonds is 5. The van der Waals surface area contributed by atoms with Gasteiger partial charge in [-0.25, -0.2) is 0 Å². The summed E-state index contributed by atoms with van der Waals surface area (Å²) < 4.78 is 21.8. The Morgan fingerprint density at radius 3 is 2.58 bits per heavy atom. The van der Waals surface area contributed by atoms with Crippen LogP contribution in [0.25, 0.3) is 0 Å². The van der Waals surface area contributed by atoms with Crippen molar-refractivity contribution >= 4 is 23.4 Å². The maximum atomic E-state index is 13.3. The zero-order valence-corrected chi connectivity index (χ0v) is 21.6. The Morgan fingerprint density at radius 2 is 1.94 bits per heavy atom. The molecule has 1 N–H and O–H groups in total. The third-order valence-electron chi connectivity index (χ3n) is 6.15. The number of likely N-dealkylation sites (N-methyl/N-ethyl adjacent to an activating group) is 1. The molecular formula is C25H34N4O7. The molecule has 0 bridgehead atoms. The van der Waals surface area contributed by atoms with Crippen molar-refractivity contribution in [1.29, 1.82) is 0 Å². The molecule has 0 spiro atoms. The molecule has 11 heteroatoms. The Labute approximate surface area is 210 Å². The summed E-state index contributed by atoms with van der Waals surface area (Å²) in [6.45, 7) is 6.36. The molecule has 196 valence electrons. The van der Waals surface area contributed by atoms with Crippen LogP contribution in [-0.2, 0) is 14.3 Å². The van der Waals surface area contributed by atoms with Gasteiger partial charge >= 0.3 is 0 Å². The Bertz CT molecular complexity index is 1090. The van der Waals surface area contributed by atoms with E-state index in [1.54, 1.807) is 49.1 Å². The Hall–Kier alpha value is -3.44. The predicted octanol–water partition coefficient (Wildman–Crippen LogP) is 2.21. The molecule has 2 heterocycles. The average molecular weight is 503 g/mol. The number of anilines is 1. The molecule has 0 saturated heterocycles. The lowest BCUT2D eigenvalue weighted by Gasteiger charge is -2.36. The van der Waals surface area contributed by atoms with E-state index >= 15 is 0 Å². The first-order chi connectivity index (χ1) is 17.1. The van der Waals surface area contributed by atoms with Crippen LogP contribution in [-0.4, -0.2) is 92.4 Å². The number of hydrogen-bond donors (Lipinski definition) is 1. The zero-order valence-electron chi connectivity index (χ0n) is 21.6. The van der Waals surface area contributed by atoms with Crippen molar-refractivity contribution in [3.8, 4) is 5.75 Å². The first-order valence-corrected chi connectivity index (χ1v) is 11.7. The lowest BCUT2D eigenvalue weighted by Crippen LogP contribution is -2.49. The van der Waals surface area contributed by atoms with E-state index in [0.717, 1.165) is 0 Å². The van der Waals surface area contributed by atoms with Crippen molar-refractivity contribution in [2.24, 2.45) is 5.92 Å². The maximum absolute atomic E-state index is 13.3. The van der Waals surface area contributed by atoms with Crippen LogP contribution in [0.3, 0.4) is 0 Å². The highest BCUT2D eigenvalue weighted by Gasteiger charge is 2.30. The van der Waals surface area contributed by atoms with Gasteiger partial charge in [-0.05, 0) is 26.0 Å². The molecule has 2 aromatic rings. The molecule has 3 rings (SSSR count). The molecule has 0 fully saturated rings. The van der Waals surface area contributed by atoms with Crippen LogP contribution in [0, 0.1) is 12.8 Å². The summed E-state index contributed by atoms with van der Waals surface area (Å²) in [6, 6.07) is 6.02. The molecule has 0 aliphatic carbocycles. The molecule has 3 atom stereocenters. The van der Waals surface area contributed by atoms with Gasteiger partial charge in [-0.1, -0.05) is 12.1 Å². The van der Waals surface area contributed by atoms with Crippen LogP contribution >= 0.6 is 0 Å². The molecule has 36 heavy (non-hydrogen) atoms. The summed E-state index contributed by atoms with van der Waals surface area (Å²) in [6.07, 6.45) is -0.294. The van der Waals surface area contributed by atoms with Crippen molar-refractivity contribution in [3.05, 3.63) is 41.3 Å². The molecule has 11 nitrogen and oxygen atoms in total. The second-order valence-electron chi connectivity index (χ2n) is 9.06. The van der Waals surface area contributed by atoms with E-state index in [1.165, 1.54) is 13.2 Å². The molecular weight excluding hydrogens is 468 g/mol. The smallest absolute Gasteiger partial charge is 0.277 e. The van der Waals surface area contributed by atoms with E-state index < -0.39 is 5.91 Å². The third kappa shape index (κ3) is 6.41. The minimum absolute atomic E-state index is 0.0508. The molecule has 0 unspecified atom stereocenters. The SMILES string of the molecule is COCC(=O)N1C[C@H](C)[C@@H](OC)CN(C)C(=O)c2ccc(NC(=O)c3cc(C)on3)cc2OC[C@@H]1C. The second kappa shape index (κ2) is 12.0. The molecule has 1 aliphatic rings. The lowest BCUT2D eigenvalue weighted by molar-refractivity contribution is -0.139. The van der Waals surface area contributed by atoms with Crippen molar-refractivity contribution in [1.82, 2.24) is 15.0 Å². The summed E-state index contributed by atoms with van der Waals surface area (Å²) in [4.78, 5) is 41.9. The molecule has 3 amide bonds. The summed E-state index contributed by atoms with van der Waals surface area (Å²) in [5.74, 6) is -0.115. The van der Waals surface area contributed by atoms with E-state index in [1.807, 2.05) is 13.8 Å². The van der Waals surface area contributed by atoms with Crippen LogP contribution in [0.4, 0.5) is 5.69 Å². The number of aryl methyl sites for hydroxylation is 1. The summed E-state index contributed by atoms with van der Waals surface area (Å²) in [5, 5.41) is 6.47. The van der Waals surface area contributed by atoms with Gasteiger partial charge in [-0.15, -0.1) is 0 Å². The molecule has 1 aromatic heterocycles. The fourth-order valence-corrected chi connectivity index (χ4v) is 4.07. The third-order valence-corrected chi connectivity index (χ3v) is 6.15. The van der Waals surface area contributed by atoms with Crippen LogP contribution in [0.2, 0.25) is 0 Å². The molecule has 1 aromatic carbocycles. The fourth-order valence-electron chi connectivity index (χ4n) is 4.07. The van der Waals surface area contributed by atoms with Gasteiger partial charge in [0, 0.05) is 58.1 Å². The highest BCUT2D eigenvalue weighted by atomic mass is 16.5. The Morgan fingerprint density at radius 1 is 1.19 bits per heavy atom. The number of benzene rings is 1. The van der Waals surface area contributed by atoms with E-state index in [0.29, 0.717) is 30.1 Å². The first-order valence-electron chi connectivity index (χ1n) is 11.7. The van der Waals surface area contributed by atoms with E-state index in [2.05, 4.69) is 10.5 Å². The minimum atomic E-state index is -0.454. The summed E-state index contributed by atoms with van der Waals surface area (Å²) in [7, 11) is 4.76. The van der Waals surface area contributed by atoms with Crippen LogP contribution in [0.5, 0.6) is 5.75 Å². The van der Waals surface area contributed by atoms with Gasteiger partial charge in [0.15, 0.2) is 5.69 Å². The summed E-state index contributed by atoms with van der Waals surface area (Å²) in [5.41, 5.74) is 0.890. The highest BCUT2D eigenvalue weighted by molar-refractivity contribution is 6.03. The van der Waals surface area contributed by atoms with Gasteiger partial charge in [0.1, 0.15) is 24.7 Å². The van der Waals surface area contributed by atoms with Crippen molar-refractivity contribution < 1.29 is 33.1 Å². The number of amides is 3. The topological polar surface area (TPSA) is 123 Å². The maximum Gasteiger partial charge on any atom is 0.277 e. The van der Waals surface area contributed by atoms with Gasteiger partial charge in [0.05, 0.1) is 17.7 Å². The first kappa shape index (κ1) is 27.2. The van der Waals surface area contributed by atoms with Gasteiger partial charge < -0.3 is 33.9 Å². The molecule has 0 saturated carbocycles. The number of aromatic nitrogens is 1. The molecule has 1 aliphatic heterocycles. The number of nitrogens with one attached hydrogen (secondary N) is 1. The Kier molecular flexibility index (Phi) is 9.05. The normalized spacial score (nSPS) is 21.2. The van der Waals surface area contributed by atoms with Crippen molar-refractivity contribution in [2.75, 3.05) is 52.9 Å². The second-order valence-corrected chi connectivity index (χ2v) is 9.06. The molecule has 0 radical (unpaired) electrons. The van der Waals surface area contributed by atoms with Crippen molar-refractivity contribution in [2.45, 2.75) is 32.9 Å². The summed E-state index contributed by atoms with van der Waals surface area (Å²) >= 11 is 0. The Balaban J connectivity index is 1.93. The van der Waals surface area contributed by atoms with E-state index in [-0.39, 0.29) is 54.5 Å². The average Bonchev–Trinajstić information content (AvgIpc) is 3.29. The lowest BCUT2D eigenvalue weighted by atomic mass is 10.0. The van der Waals surface area contributed by atoms with E-state index in [9.17, 15) is 14.4 Å². The van der Waals surface area contributed by atoms with Crippen LogP contribution in [0.15, 0.2) is 28.8 Å². The monoisotopic (exact) mass is 502 g/mol. The number of carbonyl (C=O) groups is 3. The minimum Gasteiger partial charge on any atom is -0.491 e. The van der Waals surface area contributed by atoms with Gasteiger partial charge in [-0.3, -0.25) is 14.4 Å². The van der Waals surface area contributed by atoms with Crippen LogP contribution in [0.1, 0.15) is 40.5 Å². The number of fused-ring (bicyclic) bond motifs is 1. The van der Waals surface area contributed by atoms with Crippen LogP contribution < -0.4 is 10.1 Å². The predicted molar refractivity (Wildman–Crippen MR) is 131 cm³/mol. The van der Waals surface area contributed by atoms with Crippen molar-refractivity contribution in [3.63, 3.8) is 0 Å². The number of ether oxygens (including phenoxy) is 3.